The zero-order valence-corrected chi connectivity index (χ0v) is 12.5. The van der Waals surface area contributed by atoms with Gasteiger partial charge in [0, 0.05) is 25.6 Å². The summed E-state index contributed by atoms with van der Waals surface area (Å²) in [6, 6.07) is -0.402. The molecule has 1 heterocycles. The molecule has 1 saturated heterocycles. The predicted molar refractivity (Wildman–Crippen MR) is 78.1 cm³/mol. The first-order chi connectivity index (χ1) is 9.53. The minimum Gasteiger partial charge on any atom is -0.352 e. The van der Waals surface area contributed by atoms with Gasteiger partial charge < -0.3 is 16.0 Å². The van der Waals surface area contributed by atoms with Crippen molar-refractivity contribution in [3.05, 3.63) is 0 Å². The van der Waals surface area contributed by atoms with E-state index in [2.05, 4.69) is 5.32 Å². The van der Waals surface area contributed by atoms with Gasteiger partial charge in [0.15, 0.2) is 0 Å². The Morgan fingerprint density at radius 1 is 1.10 bits per heavy atom. The third-order valence-corrected chi connectivity index (χ3v) is 5.09. The van der Waals surface area contributed by atoms with Gasteiger partial charge in [0.1, 0.15) is 0 Å². The lowest BCUT2D eigenvalue weighted by molar-refractivity contribution is -0.130. The highest BCUT2D eigenvalue weighted by Gasteiger charge is 2.41. The van der Waals surface area contributed by atoms with Crippen molar-refractivity contribution in [2.24, 2.45) is 11.7 Å². The van der Waals surface area contributed by atoms with E-state index in [0.29, 0.717) is 5.92 Å². The van der Waals surface area contributed by atoms with Crippen LogP contribution >= 0.6 is 0 Å². The summed E-state index contributed by atoms with van der Waals surface area (Å²) in [5.41, 5.74) is 5.29. The van der Waals surface area contributed by atoms with E-state index in [1.54, 1.807) is 6.92 Å². The molecule has 0 radical (unpaired) electrons. The minimum atomic E-state index is -0.402. The van der Waals surface area contributed by atoms with Gasteiger partial charge >= 0.3 is 6.03 Å². The van der Waals surface area contributed by atoms with E-state index < -0.39 is 6.03 Å². The third-order valence-electron chi connectivity index (χ3n) is 5.09. The zero-order chi connectivity index (χ0) is 14.6. The average molecular weight is 281 g/mol. The molecule has 1 aliphatic carbocycles. The summed E-state index contributed by atoms with van der Waals surface area (Å²) in [7, 11) is 0. The SMILES string of the molecule is CC(=O)N1CCC(C2(NC(N)=O)CCCCCC2)CC1. The minimum absolute atomic E-state index is 0.134. The Balaban J connectivity index is 2.07. The Hall–Kier alpha value is -1.26. The molecule has 0 bridgehead atoms. The Labute approximate surface area is 121 Å². The molecule has 0 unspecified atom stereocenters. The standard InChI is InChI=1S/C15H27N3O2/c1-12(19)18-10-6-13(7-11-18)15(17-14(16)20)8-4-2-3-5-9-15/h13H,2-11H2,1H3,(H3,16,17,20). The summed E-state index contributed by atoms with van der Waals surface area (Å²) in [6.45, 7) is 3.24. The Bertz CT molecular complexity index is 354. The van der Waals surface area contributed by atoms with Crippen molar-refractivity contribution in [2.75, 3.05) is 13.1 Å². The largest absolute Gasteiger partial charge is 0.352 e. The van der Waals surface area contributed by atoms with Crippen molar-refractivity contribution < 1.29 is 9.59 Å². The van der Waals surface area contributed by atoms with Crippen molar-refractivity contribution in [1.82, 2.24) is 10.2 Å². The molecule has 2 rings (SSSR count). The molecule has 0 aromatic rings. The quantitative estimate of drug-likeness (QED) is 0.760. The predicted octanol–water partition coefficient (Wildman–Crippen LogP) is 2.01. The molecule has 0 aromatic carbocycles. The van der Waals surface area contributed by atoms with Gasteiger partial charge in [-0.2, -0.15) is 0 Å². The first-order valence-corrected chi connectivity index (χ1v) is 7.87. The molecule has 20 heavy (non-hydrogen) atoms. The van der Waals surface area contributed by atoms with Crippen LogP contribution in [0.1, 0.15) is 58.3 Å². The van der Waals surface area contributed by atoms with E-state index in [-0.39, 0.29) is 11.4 Å². The maximum absolute atomic E-state index is 11.4. The number of nitrogens with one attached hydrogen (secondary N) is 1. The van der Waals surface area contributed by atoms with Crippen LogP contribution in [0.4, 0.5) is 4.79 Å². The molecule has 0 aromatic heterocycles. The number of hydrogen-bond acceptors (Lipinski definition) is 2. The first kappa shape index (κ1) is 15.1. The van der Waals surface area contributed by atoms with Crippen molar-refractivity contribution in [1.29, 1.82) is 0 Å². The molecule has 0 spiro atoms. The lowest BCUT2D eigenvalue weighted by Crippen LogP contribution is -2.57. The fourth-order valence-electron chi connectivity index (χ4n) is 3.99. The van der Waals surface area contributed by atoms with Crippen molar-refractivity contribution in [2.45, 2.75) is 63.8 Å². The number of rotatable bonds is 2. The lowest BCUT2D eigenvalue weighted by Gasteiger charge is -2.45. The molecule has 0 atom stereocenters. The van der Waals surface area contributed by atoms with Crippen molar-refractivity contribution in [3.8, 4) is 0 Å². The number of carbonyl (C=O) groups is 2. The highest BCUT2D eigenvalue weighted by molar-refractivity contribution is 5.73. The Morgan fingerprint density at radius 3 is 2.10 bits per heavy atom. The topological polar surface area (TPSA) is 75.4 Å². The van der Waals surface area contributed by atoms with Crippen molar-refractivity contribution in [3.63, 3.8) is 0 Å². The molecule has 1 aliphatic heterocycles. The summed E-state index contributed by atoms with van der Waals surface area (Å²) in [5, 5.41) is 3.08. The smallest absolute Gasteiger partial charge is 0.312 e. The van der Waals surface area contributed by atoms with Crippen LogP contribution in [0, 0.1) is 5.92 Å². The average Bonchev–Trinajstić information content (AvgIpc) is 2.64. The van der Waals surface area contributed by atoms with Crippen LogP contribution in [0.15, 0.2) is 0 Å². The number of hydrogen-bond donors (Lipinski definition) is 2. The van der Waals surface area contributed by atoms with Gasteiger partial charge in [-0.15, -0.1) is 0 Å². The molecular weight excluding hydrogens is 254 g/mol. The fraction of sp³-hybridized carbons (Fsp3) is 0.867. The van der Waals surface area contributed by atoms with Gasteiger partial charge in [0.2, 0.25) is 5.91 Å². The second kappa shape index (κ2) is 6.46. The highest BCUT2D eigenvalue weighted by Crippen LogP contribution is 2.38. The monoisotopic (exact) mass is 281 g/mol. The summed E-state index contributed by atoms with van der Waals surface area (Å²) < 4.78 is 0. The van der Waals surface area contributed by atoms with E-state index in [1.165, 1.54) is 12.8 Å². The number of likely N-dealkylation sites (tertiary alicyclic amines) is 1. The molecule has 1 saturated carbocycles. The van der Waals surface area contributed by atoms with Crippen LogP contribution in [0.3, 0.4) is 0 Å². The molecular formula is C15H27N3O2. The molecule has 3 N–H and O–H groups in total. The maximum atomic E-state index is 11.4. The Kier molecular flexibility index (Phi) is 4.89. The normalized spacial score (nSPS) is 23.9. The van der Waals surface area contributed by atoms with E-state index in [1.807, 2.05) is 4.90 Å². The molecule has 3 amide bonds. The molecule has 2 fully saturated rings. The number of nitrogens with zero attached hydrogens (tertiary/aromatic N) is 1. The Morgan fingerprint density at radius 2 is 1.65 bits per heavy atom. The summed E-state index contributed by atoms with van der Waals surface area (Å²) in [4.78, 5) is 24.8. The van der Waals surface area contributed by atoms with Crippen LogP contribution in [0.5, 0.6) is 0 Å². The number of piperidine rings is 1. The molecule has 5 nitrogen and oxygen atoms in total. The van der Waals surface area contributed by atoms with Gasteiger partial charge in [0.05, 0.1) is 0 Å². The number of urea groups is 1. The van der Waals surface area contributed by atoms with Gasteiger partial charge in [-0.1, -0.05) is 25.7 Å². The van der Waals surface area contributed by atoms with Crippen molar-refractivity contribution >= 4 is 11.9 Å². The van der Waals surface area contributed by atoms with E-state index in [0.717, 1.165) is 51.6 Å². The number of carbonyl (C=O) groups excluding carboxylic acids is 2. The van der Waals surface area contributed by atoms with Gasteiger partial charge in [-0.25, -0.2) is 4.79 Å². The maximum Gasteiger partial charge on any atom is 0.312 e. The van der Waals surface area contributed by atoms with Crippen LogP contribution in [-0.4, -0.2) is 35.5 Å². The third kappa shape index (κ3) is 3.44. The van der Waals surface area contributed by atoms with E-state index in [9.17, 15) is 9.59 Å². The number of nitrogens with two attached hydrogens (primary N) is 1. The first-order valence-electron chi connectivity index (χ1n) is 7.87. The molecule has 5 heteroatoms. The van der Waals surface area contributed by atoms with Gasteiger partial charge in [-0.05, 0) is 31.6 Å². The zero-order valence-electron chi connectivity index (χ0n) is 12.5. The fourth-order valence-corrected chi connectivity index (χ4v) is 3.99. The number of primary amides is 1. The highest BCUT2D eigenvalue weighted by atomic mass is 16.2. The second-order valence-corrected chi connectivity index (χ2v) is 6.34. The summed E-state index contributed by atoms with van der Waals surface area (Å²) in [6.07, 6.45) is 8.81. The van der Waals surface area contributed by atoms with E-state index in [4.69, 9.17) is 5.73 Å². The summed E-state index contributed by atoms with van der Waals surface area (Å²) in [5.74, 6) is 0.602. The second-order valence-electron chi connectivity index (χ2n) is 6.34. The summed E-state index contributed by atoms with van der Waals surface area (Å²) >= 11 is 0. The number of amides is 3. The van der Waals surface area contributed by atoms with Crippen LogP contribution in [-0.2, 0) is 4.79 Å². The van der Waals surface area contributed by atoms with Crippen LogP contribution < -0.4 is 11.1 Å². The molecule has 2 aliphatic rings. The van der Waals surface area contributed by atoms with Crippen LogP contribution in [0.2, 0.25) is 0 Å². The van der Waals surface area contributed by atoms with Gasteiger partial charge in [0.25, 0.3) is 0 Å². The lowest BCUT2D eigenvalue weighted by atomic mass is 9.73. The van der Waals surface area contributed by atoms with Gasteiger partial charge in [-0.3, -0.25) is 4.79 Å². The molecule has 114 valence electrons. The van der Waals surface area contributed by atoms with Crippen LogP contribution in [0.25, 0.3) is 0 Å². The van der Waals surface area contributed by atoms with E-state index >= 15 is 0 Å².